The molecule has 6 heteroatoms. The van der Waals surface area contributed by atoms with E-state index in [0.29, 0.717) is 24.5 Å². The SMILES string of the molecule is O=C(Cc1ccncc1)N1CCc2nc(-c3ccc(Cl)cc3)[nH]c2C1. The molecule has 0 spiro atoms. The molecule has 25 heavy (non-hydrogen) atoms. The van der Waals surface area contributed by atoms with Gasteiger partial charge in [-0.25, -0.2) is 4.98 Å². The topological polar surface area (TPSA) is 61.9 Å². The average Bonchev–Trinajstić information content (AvgIpc) is 3.06. The zero-order valence-electron chi connectivity index (χ0n) is 13.6. The monoisotopic (exact) mass is 352 g/mol. The molecule has 1 N–H and O–H groups in total. The van der Waals surface area contributed by atoms with Crippen molar-refractivity contribution in [2.24, 2.45) is 0 Å². The van der Waals surface area contributed by atoms with Gasteiger partial charge < -0.3 is 9.88 Å². The molecule has 1 aliphatic heterocycles. The number of hydrogen-bond donors (Lipinski definition) is 1. The maximum Gasteiger partial charge on any atom is 0.227 e. The van der Waals surface area contributed by atoms with Gasteiger partial charge in [0.15, 0.2) is 0 Å². The van der Waals surface area contributed by atoms with E-state index in [1.54, 1.807) is 12.4 Å². The minimum absolute atomic E-state index is 0.125. The Hall–Kier alpha value is -2.66. The number of carbonyl (C=O) groups is 1. The Bertz CT molecular complexity index is 890. The van der Waals surface area contributed by atoms with Gasteiger partial charge in [0.2, 0.25) is 5.91 Å². The van der Waals surface area contributed by atoms with E-state index in [1.165, 1.54) is 0 Å². The van der Waals surface area contributed by atoms with Crippen molar-refractivity contribution in [2.45, 2.75) is 19.4 Å². The summed E-state index contributed by atoms with van der Waals surface area (Å²) in [5.41, 5.74) is 4.03. The van der Waals surface area contributed by atoms with Gasteiger partial charge in [-0.05, 0) is 42.0 Å². The molecule has 0 aliphatic carbocycles. The standard InChI is InChI=1S/C19H17ClN4O/c20-15-3-1-14(2-4-15)19-22-16-7-10-24(12-17(16)23-19)18(25)11-13-5-8-21-9-6-13/h1-6,8-9H,7,10-12H2,(H,22,23). The lowest BCUT2D eigenvalue weighted by atomic mass is 10.1. The smallest absolute Gasteiger partial charge is 0.227 e. The van der Waals surface area contributed by atoms with E-state index in [4.69, 9.17) is 11.6 Å². The van der Waals surface area contributed by atoms with Gasteiger partial charge in [0.25, 0.3) is 0 Å². The second-order valence-corrected chi connectivity index (χ2v) is 6.55. The number of benzene rings is 1. The van der Waals surface area contributed by atoms with Crippen LogP contribution >= 0.6 is 11.6 Å². The zero-order valence-corrected chi connectivity index (χ0v) is 14.3. The molecule has 0 unspecified atom stereocenters. The summed E-state index contributed by atoms with van der Waals surface area (Å²) in [7, 11) is 0. The summed E-state index contributed by atoms with van der Waals surface area (Å²) < 4.78 is 0. The Morgan fingerprint density at radius 3 is 2.68 bits per heavy atom. The summed E-state index contributed by atoms with van der Waals surface area (Å²) in [6.07, 6.45) is 4.59. The molecule has 0 radical (unpaired) electrons. The third-order valence-electron chi connectivity index (χ3n) is 4.41. The van der Waals surface area contributed by atoms with Gasteiger partial charge in [-0.2, -0.15) is 0 Å². The van der Waals surface area contributed by atoms with Gasteiger partial charge >= 0.3 is 0 Å². The number of carbonyl (C=O) groups excluding carboxylic acids is 1. The van der Waals surface area contributed by atoms with Crippen LogP contribution in [-0.2, 0) is 24.2 Å². The first-order chi connectivity index (χ1) is 12.2. The first kappa shape index (κ1) is 15.8. The summed E-state index contributed by atoms with van der Waals surface area (Å²) in [6, 6.07) is 11.3. The molecule has 1 aliphatic rings. The Kier molecular flexibility index (Phi) is 4.24. The number of nitrogens with zero attached hydrogens (tertiary/aromatic N) is 3. The molecule has 1 amide bonds. The fourth-order valence-corrected chi connectivity index (χ4v) is 3.16. The van der Waals surface area contributed by atoms with Gasteiger partial charge in [-0.15, -0.1) is 0 Å². The molecule has 2 aromatic heterocycles. The van der Waals surface area contributed by atoms with E-state index in [-0.39, 0.29) is 5.91 Å². The molecule has 4 rings (SSSR count). The number of hydrogen-bond acceptors (Lipinski definition) is 3. The number of aromatic nitrogens is 3. The van der Waals surface area contributed by atoms with Gasteiger partial charge in [-0.1, -0.05) is 11.6 Å². The number of amides is 1. The molecule has 0 saturated carbocycles. The van der Waals surface area contributed by atoms with Crippen LogP contribution < -0.4 is 0 Å². The predicted octanol–water partition coefficient (Wildman–Crippen LogP) is 3.25. The van der Waals surface area contributed by atoms with Crippen LogP contribution in [0.4, 0.5) is 0 Å². The van der Waals surface area contributed by atoms with Crippen LogP contribution in [0.2, 0.25) is 5.02 Å². The van der Waals surface area contributed by atoms with E-state index in [2.05, 4.69) is 15.0 Å². The lowest BCUT2D eigenvalue weighted by Gasteiger charge is -2.26. The van der Waals surface area contributed by atoms with Crippen molar-refractivity contribution in [3.8, 4) is 11.4 Å². The number of aromatic amines is 1. The first-order valence-electron chi connectivity index (χ1n) is 8.19. The highest BCUT2D eigenvalue weighted by molar-refractivity contribution is 6.30. The summed E-state index contributed by atoms with van der Waals surface area (Å²) in [6.45, 7) is 1.27. The number of rotatable bonds is 3. The number of pyridine rings is 1. The van der Waals surface area contributed by atoms with Crippen LogP contribution in [0.5, 0.6) is 0 Å². The van der Waals surface area contributed by atoms with Gasteiger partial charge in [-0.3, -0.25) is 9.78 Å². The van der Waals surface area contributed by atoms with E-state index >= 15 is 0 Å². The van der Waals surface area contributed by atoms with Crippen LogP contribution in [-0.4, -0.2) is 32.3 Å². The number of fused-ring (bicyclic) bond motifs is 1. The maximum atomic E-state index is 12.5. The molecule has 3 heterocycles. The van der Waals surface area contributed by atoms with Crippen LogP contribution in [0.25, 0.3) is 11.4 Å². The normalized spacial score (nSPS) is 13.6. The van der Waals surface area contributed by atoms with Crippen LogP contribution in [0.1, 0.15) is 17.0 Å². The van der Waals surface area contributed by atoms with Crippen molar-refractivity contribution in [3.63, 3.8) is 0 Å². The molecule has 5 nitrogen and oxygen atoms in total. The minimum Gasteiger partial charge on any atom is -0.340 e. The number of halogens is 1. The van der Waals surface area contributed by atoms with Crippen molar-refractivity contribution < 1.29 is 4.79 Å². The average molecular weight is 353 g/mol. The van der Waals surface area contributed by atoms with Gasteiger partial charge in [0.1, 0.15) is 5.82 Å². The third-order valence-corrected chi connectivity index (χ3v) is 4.66. The van der Waals surface area contributed by atoms with E-state index in [1.807, 2.05) is 41.3 Å². The highest BCUT2D eigenvalue weighted by Crippen LogP contribution is 2.24. The van der Waals surface area contributed by atoms with E-state index in [9.17, 15) is 4.79 Å². The van der Waals surface area contributed by atoms with Gasteiger partial charge in [0.05, 0.1) is 24.4 Å². The fourth-order valence-electron chi connectivity index (χ4n) is 3.04. The second-order valence-electron chi connectivity index (χ2n) is 6.12. The Morgan fingerprint density at radius 1 is 1.16 bits per heavy atom. The van der Waals surface area contributed by atoms with Gasteiger partial charge in [0, 0.05) is 35.9 Å². The third kappa shape index (κ3) is 3.42. The molecule has 0 fully saturated rings. The molecular formula is C19H17ClN4O. The molecular weight excluding hydrogens is 336 g/mol. The van der Waals surface area contributed by atoms with Crippen molar-refractivity contribution >= 4 is 17.5 Å². The Balaban J connectivity index is 1.49. The van der Waals surface area contributed by atoms with Crippen molar-refractivity contribution in [1.82, 2.24) is 19.9 Å². The molecule has 126 valence electrons. The summed E-state index contributed by atoms with van der Waals surface area (Å²) in [4.78, 5) is 26.5. The molecule has 0 saturated heterocycles. The first-order valence-corrected chi connectivity index (χ1v) is 8.57. The fraction of sp³-hybridized carbons (Fsp3) is 0.211. The largest absolute Gasteiger partial charge is 0.340 e. The van der Waals surface area contributed by atoms with E-state index < -0.39 is 0 Å². The molecule has 0 bridgehead atoms. The van der Waals surface area contributed by atoms with Crippen LogP contribution in [0.15, 0.2) is 48.8 Å². The minimum atomic E-state index is 0.125. The highest BCUT2D eigenvalue weighted by Gasteiger charge is 2.24. The summed E-state index contributed by atoms with van der Waals surface area (Å²) >= 11 is 5.94. The highest BCUT2D eigenvalue weighted by atomic mass is 35.5. The van der Waals surface area contributed by atoms with E-state index in [0.717, 1.165) is 34.8 Å². The molecule has 3 aromatic rings. The van der Waals surface area contributed by atoms with Crippen molar-refractivity contribution in [2.75, 3.05) is 6.54 Å². The number of H-pyrrole nitrogens is 1. The molecule has 1 aromatic carbocycles. The van der Waals surface area contributed by atoms with Crippen molar-refractivity contribution in [1.29, 1.82) is 0 Å². The number of nitrogens with one attached hydrogen (secondary N) is 1. The Morgan fingerprint density at radius 2 is 1.92 bits per heavy atom. The predicted molar refractivity (Wildman–Crippen MR) is 96.1 cm³/mol. The van der Waals surface area contributed by atoms with Crippen molar-refractivity contribution in [3.05, 3.63) is 70.8 Å². The lowest BCUT2D eigenvalue weighted by Crippen LogP contribution is -2.37. The number of imidazole rings is 1. The quantitative estimate of drug-likeness (QED) is 0.787. The summed E-state index contributed by atoms with van der Waals surface area (Å²) in [5.74, 6) is 0.949. The summed E-state index contributed by atoms with van der Waals surface area (Å²) in [5, 5.41) is 0.702. The zero-order chi connectivity index (χ0) is 17.2. The van der Waals surface area contributed by atoms with Crippen LogP contribution in [0, 0.1) is 0 Å². The molecule has 0 atom stereocenters. The lowest BCUT2D eigenvalue weighted by molar-refractivity contribution is -0.131. The second kappa shape index (κ2) is 6.69. The Labute approximate surface area is 150 Å². The maximum absolute atomic E-state index is 12.5. The van der Waals surface area contributed by atoms with Crippen LogP contribution in [0.3, 0.4) is 0 Å².